The second-order valence-corrected chi connectivity index (χ2v) is 12.4. The maximum Gasteiger partial charge on any atom is 0.248 e. The summed E-state index contributed by atoms with van der Waals surface area (Å²) in [6.07, 6.45) is 3.40. The van der Waals surface area contributed by atoms with Crippen LogP contribution in [0, 0.1) is 13.8 Å². The third kappa shape index (κ3) is 6.57. The molecule has 208 valence electrons. The summed E-state index contributed by atoms with van der Waals surface area (Å²) in [5.41, 5.74) is 2.61. The molecule has 2 heterocycles. The van der Waals surface area contributed by atoms with Crippen molar-refractivity contribution in [2.75, 3.05) is 47.0 Å². The van der Waals surface area contributed by atoms with Gasteiger partial charge in [-0.1, -0.05) is 36.8 Å². The lowest BCUT2D eigenvalue weighted by atomic mass is 10.1. The van der Waals surface area contributed by atoms with E-state index in [1.54, 1.807) is 42.3 Å². The highest BCUT2D eigenvalue weighted by molar-refractivity contribution is 7.89. The molecule has 2 aromatic carbocycles. The van der Waals surface area contributed by atoms with Crippen LogP contribution in [0.3, 0.4) is 0 Å². The maximum absolute atomic E-state index is 13.7. The summed E-state index contributed by atoms with van der Waals surface area (Å²) in [7, 11) is -0.295. The molecule has 0 radical (unpaired) electrons. The topological polar surface area (TPSA) is 79.4 Å². The fourth-order valence-electron chi connectivity index (χ4n) is 5.71. The van der Waals surface area contributed by atoms with Gasteiger partial charge in [0.1, 0.15) is 12.4 Å². The quantitative estimate of drug-likeness (QED) is 0.456. The number of amides is 1. The van der Waals surface area contributed by atoms with Crippen molar-refractivity contribution in [3.63, 3.8) is 0 Å². The molecule has 2 saturated heterocycles. The summed E-state index contributed by atoms with van der Waals surface area (Å²) in [5, 5.41) is 0. The molecule has 2 aliphatic rings. The van der Waals surface area contributed by atoms with Gasteiger partial charge in [0.05, 0.1) is 18.6 Å². The van der Waals surface area contributed by atoms with Crippen molar-refractivity contribution in [1.82, 2.24) is 14.1 Å². The van der Waals surface area contributed by atoms with Crippen LogP contribution in [0.25, 0.3) is 0 Å². The van der Waals surface area contributed by atoms with Crippen LogP contribution in [0.4, 0.5) is 0 Å². The average Bonchev–Trinajstić information content (AvgIpc) is 3.36. The van der Waals surface area contributed by atoms with Crippen molar-refractivity contribution in [3.05, 3.63) is 59.2 Å². The SMILES string of the molecule is COc1cc(C)c(S(=O)(=O)N2CCCCC2COCC(=O)N(C)C2CCN(Cc3ccccc3)C2)c(C)c1. The lowest BCUT2D eigenvalue weighted by Crippen LogP contribution is -2.47. The fraction of sp³-hybridized carbons (Fsp3) is 0.552. The second kappa shape index (κ2) is 12.6. The number of sulfonamides is 1. The number of hydrogen-bond donors (Lipinski definition) is 0. The molecule has 9 heteroatoms. The average molecular weight is 544 g/mol. The first kappa shape index (κ1) is 28.5. The van der Waals surface area contributed by atoms with Gasteiger partial charge in [0.2, 0.25) is 15.9 Å². The Morgan fingerprint density at radius 2 is 1.76 bits per heavy atom. The van der Waals surface area contributed by atoms with Crippen LogP contribution >= 0.6 is 0 Å². The molecule has 0 bridgehead atoms. The maximum atomic E-state index is 13.7. The molecule has 2 aromatic rings. The monoisotopic (exact) mass is 543 g/mol. The number of methoxy groups -OCH3 is 1. The van der Waals surface area contributed by atoms with Gasteiger partial charge in [0, 0.05) is 45.3 Å². The van der Waals surface area contributed by atoms with Crippen LogP contribution in [-0.2, 0) is 26.1 Å². The van der Waals surface area contributed by atoms with Crippen molar-refractivity contribution in [2.45, 2.75) is 63.1 Å². The molecule has 8 nitrogen and oxygen atoms in total. The van der Waals surface area contributed by atoms with Crippen molar-refractivity contribution in [1.29, 1.82) is 0 Å². The minimum atomic E-state index is -3.71. The van der Waals surface area contributed by atoms with E-state index in [1.165, 1.54) is 5.56 Å². The fourth-order valence-corrected chi connectivity index (χ4v) is 7.81. The minimum Gasteiger partial charge on any atom is -0.497 e. The van der Waals surface area contributed by atoms with Gasteiger partial charge in [-0.05, 0) is 61.9 Å². The molecule has 38 heavy (non-hydrogen) atoms. The summed E-state index contributed by atoms with van der Waals surface area (Å²) in [4.78, 5) is 17.4. The molecule has 0 N–H and O–H groups in total. The predicted octanol–water partition coefficient (Wildman–Crippen LogP) is 3.60. The number of aryl methyl sites for hydroxylation is 2. The molecule has 4 rings (SSSR count). The van der Waals surface area contributed by atoms with Gasteiger partial charge in [-0.2, -0.15) is 4.31 Å². The third-order valence-electron chi connectivity index (χ3n) is 7.78. The van der Waals surface area contributed by atoms with Gasteiger partial charge >= 0.3 is 0 Å². The van der Waals surface area contributed by atoms with Crippen LogP contribution in [0.1, 0.15) is 42.4 Å². The lowest BCUT2D eigenvalue weighted by Gasteiger charge is -2.35. The van der Waals surface area contributed by atoms with E-state index in [4.69, 9.17) is 9.47 Å². The largest absolute Gasteiger partial charge is 0.497 e. The normalized spacial score (nSPS) is 20.9. The summed E-state index contributed by atoms with van der Waals surface area (Å²) in [5.74, 6) is 0.578. The predicted molar refractivity (Wildman–Crippen MR) is 148 cm³/mol. The molecule has 0 saturated carbocycles. The number of likely N-dealkylation sites (tertiary alicyclic amines) is 1. The first-order valence-corrected chi connectivity index (χ1v) is 14.9. The Balaban J connectivity index is 1.32. The lowest BCUT2D eigenvalue weighted by molar-refractivity contribution is -0.137. The standard InChI is InChI=1S/C29H41N3O5S/c1-22-16-27(36-4)17-23(2)29(22)38(34,35)32-14-9-8-12-26(32)20-37-21-28(33)30(3)25-13-15-31(19-25)18-24-10-6-5-7-11-24/h5-7,10-11,16-17,25-26H,8-9,12-15,18-21H2,1-4H3. The zero-order chi connectivity index (χ0) is 27.3. The molecular formula is C29H41N3O5S. The van der Waals surface area contributed by atoms with Gasteiger partial charge in [-0.3, -0.25) is 9.69 Å². The summed E-state index contributed by atoms with van der Waals surface area (Å²) >= 11 is 0. The van der Waals surface area contributed by atoms with E-state index in [-0.39, 0.29) is 31.2 Å². The van der Waals surface area contributed by atoms with Crippen LogP contribution in [0.5, 0.6) is 5.75 Å². The van der Waals surface area contributed by atoms with Crippen LogP contribution < -0.4 is 4.74 Å². The van der Waals surface area contributed by atoms with E-state index in [2.05, 4.69) is 17.0 Å². The number of hydrogen-bond acceptors (Lipinski definition) is 6. The smallest absolute Gasteiger partial charge is 0.248 e. The zero-order valence-corrected chi connectivity index (χ0v) is 23.9. The molecule has 2 fully saturated rings. The van der Waals surface area contributed by atoms with Crippen LogP contribution in [0.15, 0.2) is 47.4 Å². The molecule has 2 unspecified atom stereocenters. The highest BCUT2D eigenvalue weighted by Gasteiger charge is 2.36. The molecule has 0 spiro atoms. The molecule has 2 aliphatic heterocycles. The Morgan fingerprint density at radius 1 is 1.05 bits per heavy atom. The number of rotatable bonds is 10. The van der Waals surface area contributed by atoms with Crippen LogP contribution in [-0.4, -0.2) is 87.5 Å². The molecular weight excluding hydrogens is 502 g/mol. The van der Waals surface area contributed by atoms with Gasteiger partial charge in [-0.25, -0.2) is 8.42 Å². The summed E-state index contributed by atoms with van der Waals surface area (Å²) in [6, 6.07) is 13.8. The first-order valence-electron chi connectivity index (χ1n) is 13.5. The number of piperidine rings is 1. The second-order valence-electron chi connectivity index (χ2n) is 10.5. The third-order valence-corrected chi connectivity index (χ3v) is 10.0. The molecule has 1 amide bonds. The molecule has 2 atom stereocenters. The number of carbonyl (C=O) groups excluding carboxylic acids is 1. The van der Waals surface area contributed by atoms with Crippen molar-refractivity contribution < 1.29 is 22.7 Å². The molecule has 0 aliphatic carbocycles. The Morgan fingerprint density at radius 3 is 2.45 bits per heavy atom. The summed E-state index contributed by atoms with van der Waals surface area (Å²) < 4.78 is 40.2. The van der Waals surface area contributed by atoms with Gasteiger partial charge < -0.3 is 14.4 Å². The van der Waals surface area contributed by atoms with Crippen molar-refractivity contribution in [2.24, 2.45) is 0 Å². The van der Waals surface area contributed by atoms with E-state index in [1.807, 2.05) is 25.2 Å². The zero-order valence-electron chi connectivity index (χ0n) is 23.1. The Labute approximate surface area is 227 Å². The number of ether oxygens (including phenoxy) is 2. The number of carbonyl (C=O) groups is 1. The van der Waals surface area contributed by atoms with Crippen LogP contribution in [0.2, 0.25) is 0 Å². The first-order chi connectivity index (χ1) is 18.2. The number of benzene rings is 2. The summed E-state index contributed by atoms with van der Waals surface area (Å²) in [6.45, 7) is 6.90. The Hall–Kier alpha value is -2.46. The molecule has 0 aromatic heterocycles. The van der Waals surface area contributed by atoms with Gasteiger partial charge in [0.15, 0.2) is 0 Å². The van der Waals surface area contributed by atoms with E-state index in [9.17, 15) is 13.2 Å². The Kier molecular flexibility index (Phi) is 9.46. The number of likely N-dealkylation sites (N-methyl/N-ethyl adjacent to an activating group) is 1. The minimum absolute atomic E-state index is 0.0450. The highest BCUT2D eigenvalue weighted by atomic mass is 32.2. The van der Waals surface area contributed by atoms with Gasteiger partial charge in [0.25, 0.3) is 0 Å². The highest BCUT2D eigenvalue weighted by Crippen LogP contribution is 2.32. The van der Waals surface area contributed by atoms with E-state index < -0.39 is 10.0 Å². The van der Waals surface area contributed by atoms with Crippen molar-refractivity contribution >= 4 is 15.9 Å². The van der Waals surface area contributed by atoms with E-state index >= 15 is 0 Å². The van der Waals surface area contributed by atoms with Gasteiger partial charge in [-0.15, -0.1) is 0 Å². The van der Waals surface area contributed by atoms with E-state index in [0.717, 1.165) is 38.9 Å². The van der Waals surface area contributed by atoms with E-state index in [0.29, 0.717) is 34.7 Å². The Bertz CT molecular complexity index is 1180. The van der Waals surface area contributed by atoms with Crippen molar-refractivity contribution in [3.8, 4) is 5.75 Å². The number of nitrogens with zero attached hydrogens (tertiary/aromatic N) is 3.